The smallest absolute Gasteiger partial charge is 0.323 e. The van der Waals surface area contributed by atoms with Gasteiger partial charge in [-0.25, -0.2) is 0 Å². The molecule has 1 rings (SSSR count). The van der Waals surface area contributed by atoms with E-state index in [0.29, 0.717) is 12.8 Å². The third-order valence-electron chi connectivity index (χ3n) is 3.10. The normalized spacial score (nSPS) is 11.2. The first kappa shape index (κ1) is 16.3. The Bertz CT molecular complexity index is 403. The van der Waals surface area contributed by atoms with Crippen LogP contribution in [0.2, 0.25) is 0 Å². The number of carbonyl (C=O) groups excluding carboxylic acids is 2. The monoisotopic (exact) mass is 282 g/mol. The lowest BCUT2D eigenvalue weighted by Gasteiger charge is -2.28. The number of ether oxygens (including phenoxy) is 2. The van der Waals surface area contributed by atoms with Crippen molar-refractivity contribution in [2.75, 3.05) is 13.2 Å². The highest BCUT2D eigenvalue weighted by molar-refractivity contribution is 6.00. The van der Waals surface area contributed by atoms with Crippen LogP contribution in [0.4, 0.5) is 0 Å². The van der Waals surface area contributed by atoms with Gasteiger partial charge in [-0.3, -0.25) is 9.59 Å². The molecule has 0 fully saturated rings. The molecule has 1 heterocycles. The Balaban J connectivity index is 3.10. The zero-order chi connectivity index (χ0) is 15.0. The molecule has 0 aliphatic carbocycles. The summed E-state index contributed by atoms with van der Waals surface area (Å²) in [6.45, 7) is 5.82. The summed E-state index contributed by atoms with van der Waals surface area (Å²) in [6.07, 6.45) is 4.34. The van der Waals surface area contributed by atoms with E-state index in [9.17, 15) is 9.59 Å². The van der Waals surface area contributed by atoms with Crippen LogP contribution in [0, 0.1) is 5.41 Å². The van der Waals surface area contributed by atoms with E-state index in [1.807, 2.05) is 6.92 Å². The van der Waals surface area contributed by atoms with Crippen molar-refractivity contribution in [1.82, 2.24) is 0 Å². The standard InChI is InChI=1S/C15H22O5/c1-4-8-15(13(16)19-5-2,14(17)20-6-3)10-12-7-9-18-11-12/h7,9,11H,4-6,8,10H2,1-3H3. The minimum Gasteiger partial charge on any atom is -0.472 e. The van der Waals surface area contributed by atoms with Crippen molar-refractivity contribution in [3.05, 3.63) is 24.2 Å². The molecule has 0 bridgehead atoms. The van der Waals surface area contributed by atoms with E-state index in [2.05, 4.69) is 0 Å². The zero-order valence-electron chi connectivity index (χ0n) is 12.3. The quantitative estimate of drug-likeness (QED) is 0.542. The second-order valence-corrected chi connectivity index (χ2v) is 4.58. The summed E-state index contributed by atoms with van der Waals surface area (Å²) in [5.74, 6) is -1.05. The summed E-state index contributed by atoms with van der Waals surface area (Å²) in [4.78, 5) is 24.7. The highest BCUT2D eigenvalue weighted by Gasteiger charge is 2.48. The molecular formula is C15H22O5. The third kappa shape index (κ3) is 3.62. The van der Waals surface area contributed by atoms with E-state index in [0.717, 1.165) is 5.56 Å². The second-order valence-electron chi connectivity index (χ2n) is 4.58. The van der Waals surface area contributed by atoms with Gasteiger partial charge in [0, 0.05) is 6.42 Å². The van der Waals surface area contributed by atoms with Gasteiger partial charge in [-0.05, 0) is 31.9 Å². The Morgan fingerprint density at radius 1 is 1.15 bits per heavy atom. The lowest BCUT2D eigenvalue weighted by Crippen LogP contribution is -2.44. The van der Waals surface area contributed by atoms with Gasteiger partial charge in [0.05, 0.1) is 25.7 Å². The summed E-state index contributed by atoms with van der Waals surface area (Å²) in [7, 11) is 0. The minimum atomic E-state index is -1.29. The number of hydrogen-bond donors (Lipinski definition) is 0. The van der Waals surface area contributed by atoms with Crippen LogP contribution in [0.3, 0.4) is 0 Å². The first-order valence-electron chi connectivity index (χ1n) is 6.96. The maximum Gasteiger partial charge on any atom is 0.323 e. The average Bonchev–Trinajstić information content (AvgIpc) is 2.91. The molecular weight excluding hydrogens is 260 g/mol. The van der Waals surface area contributed by atoms with E-state index in [4.69, 9.17) is 13.9 Å². The summed E-state index contributed by atoms with van der Waals surface area (Å²) in [5, 5.41) is 0. The molecule has 0 unspecified atom stereocenters. The van der Waals surface area contributed by atoms with E-state index >= 15 is 0 Å². The molecule has 0 saturated carbocycles. The van der Waals surface area contributed by atoms with Crippen molar-refractivity contribution in [2.45, 2.75) is 40.0 Å². The molecule has 0 N–H and O–H groups in total. The first-order chi connectivity index (χ1) is 9.60. The topological polar surface area (TPSA) is 65.7 Å². The first-order valence-corrected chi connectivity index (χ1v) is 6.96. The highest BCUT2D eigenvalue weighted by atomic mass is 16.6. The molecule has 112 valence electrons. The van der Waals surface area contributed by atoms with Gasteiger partial charge in [0.2, 0.25) is 0 Å². The van der Waals surface area contributed by atoms with Gasteiger partial charge in [0.1, 0.15) is 0 Å². The summed E-state index contributed by atoms with van der Waals surface area (Å²) >= 11 is 0. The number of rotatable bonds is 8. The van der Waals surface area contributed by atoms with Crippen molar-refractivity contribution in [3.63, 3.8) is 0 Å². The van der Waals surface area contributed by atoms with Gasteiger partial charge >= 0.3 is 11.9 Å². The molecule has 0 amide bonds. The largest absolute Gasteiger partial charge is 0.472 e. The minimum absolute atomic E-state index is 0.231. The van der Waals surface area contributed by atoms with Crippen LogP contribution in [0.5, 0.6) is 0 Å². The third-order valence-corrected chi connectivity index (χ3v) is 3.10. The molecule has 0 spiro atoms. The molecule has 0 radical (unpaired) electrons. The number of esters is 2. The molecule has 0 aliphatic heterocycles. The van der Waals surface area contributed by atoms with Crippen LogP contribution in [0.15, 0.2) is 23.0 Å². The fourth-order valence-electron chi connectivity index (χ4n) is 2.23. The molecule has 0 atom stereocenters. The van der Waals surface area contributed by atoms with Crippen LogP contribution in [-0.4, -0.2) is 25.2 Å². The Morgan fingerprint density at radius 3 is 2.15 bits per heavy atom. The molecule has 5 nitrogen and oxygen atoms in total. The predicted octanol–water partition coefficient (Wildman–Crippen LogP) is 2.73. The van der Waals surface area contributed by atoms with Gasteiger partial charge in [-0.1, -0.05) is 13.3 Å². The van der Waals surface area contributed by atoms with Crippen molar-refractivity contribution >= 4 is 11.9 Å². The van der Waals surface area contributed by atoms with Crippen molar-refractivity contribution in [3.8, 4) is 0 Å². The van der Waals surface area contributed by atoms with Crippen LogP contribution >= 0.6 is 0 Å². The Kier molecular flexibility index (Phi) is 6.28. The molecule has 0 aromatic carbocycles. The van der Waals surface area contributed by atoms with E-state index < -0.39 is 17.4 Å². The summed E-state index contributed by atoms with van der Waals surface area (Å²) in [6, 6.07) is 1.74. The Hall–Kier alpha value is -1.78. The van der Waals surface area contributed by atoms with E-state index in [1.165, 1.54) is 12.5 Å². The fourth-order valence-corrected chi connectivity index (χ4v) is 2.23. The lowest BCUT2D eigenvalue weighted by atomic mass is 9.78. The fraction of sp³-hybridized carbons (Fsp3) is 0.600. The maximum atomic E-state index is 12.3. The van der Waals surface area contributed by atoms with E-state index in [-0.39, 0.29) is 19.6 Å². The SMILES string of the molecule is CCCC(Cc1ccoc1)(C(=O)OCC)C(=O)OCC. The predicted molar refractivity (Wildman–Crippen MR) is 73.0 cm³/mol. The Labute approximate surface area is 119 Å². The summed E-state index contributed by atoms with van der Waals surface area (Å²) < 4.78 is 15.2. The van der Waals surface area contributed by atoms with Crippen LogP contribution in [-0.2, 0) is 25.5 Å². The van der Waals surface area contributed by atoms with Gasteiger partial charge in [-0.15, -0.1) is 0 Å². The molecule has 5 heteroatoms. The van der Waals surface area contributed by atoms with Crippen molar-refractivity contribution in [1.29, 1.82) is 0 Å². The number of furan rings is 1. The Morgan fingerprint density at radius 2 is 1.75 bits per heavy atom. The molecule has 1 aromatic rings. The second kappa shape index (κ2) is 7.72. The van der Waals surface area contributed by atoms with Gasteiger partial charge < -0.3 is 13.9 Å². The zero-order valence-corrected chi connectivity index (χ0v) is 12.3. The lowest BCUT2D eigenvalue weighted by molar-refractivity contribution is -0.172. The molecule has 0 aliphatic rings. The maximum absolute atomic E-state index is 12.3. The number of hydrogen-bond acceptors (Lipinski definition) is 5. The van der Waals surface area contributed by atoms with Gasteiger partial charge in [-0.2, -0.15) is 0 Å². The van der Waals surface area contributed by atoms with Crippen LogP contribution in [0.1, 0.15) is 39.2 Å². The number of carbonyl (C=O) groups is 2. The van der Waals surface area contributed by atoms with Crippen LogP contribution in [0.25, 0.3) is 0 Å². The molecule has 0 saturated heterocycles. The highest BCUT2D eigenvalue weighted by Crippen LogP contribution is 2.32. The van der Waals surface area contributed by atoms with Gasteiger partial charge in [0.25, 0.3) is 0 Å². The summed E-state index contributed by atoms with van der Waals surface area (Å²) in [5.41, 5.74) is -0.510. The van der Waals surface area contributed by atoms with Gasteiger partial charge in [0.15, 0.2) is 5.41 Å². The van der Waals surface area contributed by atoms with Crippen molar-refractivity contribution < 1.29 is 23.5 Å². The molecule has 1 aromatic heterocycles. The molecule has 20 heavy (non-hydrogen) atoms. The van der Waals surface area contributed by atoms with E-state index in [1.54, 1.807) is 19.9 Å². The van der Waals surface area contributed by atoms with Crippen LogP contribution < -0.4 is 0 Å². The average molecular weight is 282 g/mol. The van der Waals surface area contributed by atoms with Crippen molar-refractivity contribution in [2.24, 2.45) is 5.41 Å².